The first-order valence-corrected chi connectivity index (χ1v) is 7.30. The number of hydrogen-bond acceptors (Lipinski definition) is 2. The zero-order valence-corrected chi connectivity index (χ0v) is 12.0. The molecule has 2 aliphatic heterocycles. The Kier molecular flexibility index (Phi) is 3.09. The molecule has 102 valence electrons. The van der Waals surface area contributed by atoms with Crippen molar-refractivity contribution in [1.29, 1.82) is 0 Å². The fourth-order valence-electron chi connectivity index (χ4n) is 3.92. The van der Waals surface area contributed by atoms with Gasteiger partial charge in [-0.15, -0.1) is 0 Å². The molecule has 1 aromatic rings. The number of likely N-dealkylation sites (N-methyl/N-ethyl adjacent to an activating group) is 1. The summed E-state index contributed by atoms with van der Waals surface area (Å²) >= 11 is 0. The third-order valence-corrected chi connectivity index (χ3v) is 4.79. The average molecular weight is 258 g/mol. The largest absolute Gasteiger partial charge is 0.326 e. The van der Waals surface area contributed by atoms with Gasteiger partial charge in [0, 0.05) is 24.2 Å². The van der Waals surface area contributed by atoms with Crippen LogP contribution >= 0.6 is 0 Å². The van der Waals surface area contributed by atoms with Gasteiger partial charge in [0.1, 0.15) is 0 Å². The van der Waals surface area contributed by atoms with E-state index in [4.69, 9.17) is 0 Å². The summed E-state index contributed by atoms with van der Waals surface area (Å²) in [7, 11) is 2.19. The third kappa shape index (κ3) is 1.71. The van der Waals surface area contributed by atoms with Crippen LogP contribution in [0.1, 0.15) is 48.7 Å². The van der Waals surface area contributed by atoms with Crippen LogP contribution in [0.5, 0.6) is 0 Å². The molecule has 1 fully saturated rings. The predicted octanol–water partition coefficient (Wildman–Crippen LogP) is 2.69. The number of nitrogens with zero attached hydrogens (tertiary/aromatic N) is 2. The highest BCUT2D eigenvalue weighted by Crippen LogP contribution is 2.41. The van der Waals surface area contributed by atoms with E-state index in [-0.39, 0.29) is 11.9 Å². The molecule has 0 radical (unpaired) electrons. The van der Waals surface area contributed by atoms with Crippen LogP contribution in [0.25, 0.3) is 0 Å². The van der Waals surface area contributed by atoms with E-state index in [1.54, 1.807) is 0 Å². The second-order valence-electron chi connectivity index (χ2n) is 5.71. The molecule has 0 aliphatic carbocycles. The predicted molar refractivity (Wildman–Crippen MR) is 76.1 cm³/mol. The standard InChI is InChI=1S/C16H22N2O/c1-4-13-14(5-2)18-15(10-17(13)3)11-8-6-7-9-12(11)16(18)19/h6-9,13-15H,4-5,10H2,1-3H3. The van der Waals surface area contributed by atoms with Gasteiger partial charge in [-0.3, -0.25) is 9.69 Å². The lowest BCUT2D eigenvalue weighted by Gasteiger charge is -2.48. The van der Waals surface area contributed by atoms with Gasteiger partial charge in [0.15, 0.2) is 0 Å². The van der Waals surface area contributed by atoms with Gasteiger partial charge < -0.3 is 4.90 Å². The van der Waals surface area contributed by atoms with Gasteiger partial charge in [-0.1, -0.05) is 32.0 Å². The van der Waals surface area contributed by atoms with Gasteiger partial charge >= 0.3 is 0 Å². The first kappa shape index (κ1) is 12.7. The summed E-state index contributed by atoms with van der Waals surface area (Å²) in [6, 6.07) is 9.18. The summed E-state index contributed by atoms with van der Waals surface area (Å²) in [6.07, 6.45) is 2.13. The quantitative estimate of drug-likeness (QED) is 0.814. The summed E-state index contributed by atoms with van der Waals surface area (Å²) in [5, 5.41) is 0. The van der Waals surface area contributed by atoms with Crippen molar-refractivity contribution in [3.8, 4) is 0 Å². The minimum atomic E-state index is 0.235. The Hall–Kier alpha value is -1.35. The number of hydrogen-bond donors (Lipinski definition) is 0. The lowest BCUT2D eigenvalue weighted by Crippen LogP contribution is -2.58. The second kappa shape index (κ2) is 4.64. The summed E-state index contributed by atoms with van der Waals surface area (Å²) < 4.78 is 0. The molecule has 3 heteroatoms. The molecular weight excluding hydrogens is 236 g/mol. The molecular formula is C16H22N2O. The Morgan fingerprint density at radius 3 is 2.53 bits per heavy atom. The van der Waals surface area contributed by atoms with Gasteiger partial charge in [0.2, 0.25) is 0 Å². The molecule has 2 heterocycles. The Morgan fingerprint density at radius 2 is 1.84 bits per heavy atom. The van der Waals surface area contributed by atoms with Crippen LogP contribution in [-0.4, -0.2) is 41.4 Å². The highest BCUT2D eigenvalue weighted by molar-refractivity contribution is 5.99. The van der Waals surface area contributed by atoms with Crippen LogP contribution in [0, 0.1) is 0 Å². The van der Waals surface area contributed by atoms with Gasteiger partial charge in [0.05, 0.1) is 6.04 Å². The van der Waals surface area contributed by atoms with E-state index in [1.807, 2.05) is 18.2 Å². The zero-order valence-electron chi connectivity index (χ0n) is 12.0. The Morgan fingerprint density at radius 1 is 1.16 bits per heavy atom. The minimum Gasteiger partial charge on any atom is -0.326 e. The number of piperazine rings is 1. The first-order valence-electron chi connectivity index (χ1n) is 7.30. The second-order valence-corrected chi connectivity index (χ2v) is 5.71. The molecule has 2 aliphatic rings. The fourth-order valence-corrected chi connectivity index (χ4v) is 3.92. The van der Waals surface area contributed by atoms with Crippen LogP contribution in [0.4, 0.5) is 0 Å². The molecule has 3 nitrogen and oxygen atoms in total. The van der Waals surface area contributed by atoms with E-state index in [1.165, 1.54) is 5.56 Å². The number of benzene rings is 1. The van der Waals surface area contributed by atoms with E-state index in [0.717, 1.165) is 24.9 Å². The maximum atomic E-state index is 12.7. The van der Waals surface area contributed by atoms with Crippen LogP contribution in [0.2, 0.25) is 0 Å². The van der Waals surface area contributed by atoms with Crippen LogP contribution in [0.3, 0.4) is 0 Å². The molecule has 0 aromatic heterocycles. The Bertz CT molecular complexity index is 499. The molecule has 0 saturated carbocycles. The highest BCUT2D eigenvalue weighted by Gasteiger charge is 2.46. The van der Waals surface area contributed by atoms with Gasteiger partial charge in [0.25, 0.3) is 5.91 Å². The number of carbonyl (C=O) groups is 1. The molecule has 3 unspecified atom stereocenters. The van der Waals surface area contributed by atoms with E-state index in [2.05, 4.69) is 36.8 Å². The van der Waals surface area contributed by atoms with Crippen molar-refractivity contribution >= 4 is 5.91 Å². The van der Waals surface area contributed by atoms with Crippen LogP contribution < -0.4 is 0 Å². The topological polar surface area (TPSA) is 23.6 Å². The smallest absolute Gasteiger partial charge is 0.255 e. The SMILES string of the molecule is CCC1C(CC)N2C(=O)c3ccccc3C2CN1C. The van der Waals surface area contributed by atoms with E-state index in [0.29, 0.717) is 12.1 Å². The van der Waals surface area contributed by atoms with Crippen molar-refractivity contribution in [2.75, 3.05) is 13.6 Å². The molecule has 3 rings (SSSR count). The maximum Gasteiger partial charge on any atom is 0.255 e. The van der Waals surface area contributed by atoms with Crippen molar-refractivity contribution in [2.24, 2.45) is 0 Å². The minimum absolute atomic E-state index is 0.235. The van der Waals surface area contributed by atoms with E-state index >= 15 is 0 Å². The van der Waals surface area contributed by atoms with E-state index in [9.17, 15) is 4.79 Å². The monoisotopic (exact) mass is 258 g/mol. The average Bonchev–Trinajstić information content (AvgIpc) is 2.71. The fraction of sp³-hybridized carbons (Fsp3) is 0.562. The van der Waals surface area contributed by atoms with Gasteiger partial charge in [-0.25, -0.2) is 0 Å². The molecule has 0 spiro atoms. The summed E-state index contributed by atoms with van der Waals surface area (Å²) in [5.74, 6) is 0.235. The number of fused-ring (bicyclic) bond motifs is 3. The molecule has 1 aromatic carbocycles. The molecule has 3 atom stereocenters. The Balaban J connectivity index is 2.04. The van der Waals surface area contributed by atoms with Crippen molar-refractivity contribution in [1.82, 2.24) is 9.80 Å². The highest BCUT2D eigenvalue weighted by atomic mass is 16.2. The molecule has 19 heavy (non-hydrogen) atoms. The number of carbonyl (C=O) groups excluding carboxylic acids is 1. The summed E-state index contributed by atoms with van der Waals surface area (Å²) in [4.78, 5) is 17.3. The van der Waals surface area contributed by atoms with Gasteiger partial charge in [-0.2, -0.15) is 0 Å². The molecule has 0 bridgehead atoms. The van der Waals surface area contributed by atoms with Crippen molar-refractivity contribution in [3.63, 3.8) is 0 Å². The van der Waals surface area contributed by atoms with Gasteiger partial charge in [-0.05, 0) is 31.5 Å². The number of amides is 1. The Labute approximate surface area is 115 Å². The molecule has 1 saturated heterocycles. The number of rotatable bonds is 2. The molecule has 0 N–H and O–H groups in total. The van der Waals surface area contributed by atoms with Crippen molar-refractivity contribution in [2.45, 2.75) is 44.8 Å². The lowest BCUT2D eigenvalue weighted by atomic mass is 9.93. The van der Waals surface area contributed by atoms with E-state index < -0.39 is 0 Å². The van der Waals surface area contributed by atoms with Crippen LogP contribution in [-0.2, 0) is 0 Å². The lowest BCUT2D eigenvalue weighted by molar-refractivity contribution is 0.00193. The third-order valence-electron chi connectivity index (χ3n) is 4.79. The van der Waals surface area contributed by atoms with Crippen molar-refractivity contribution < 1.29 is 4.79 Å². The summed E-state index contributed by atoms with van der Waals surface area (Å²) in [6.45, 7) is 5.37. The van der Waals surface area contributed by atoms with Crippen LogP contribution in [0.15, 0.2) is 24.3 Å². The first-order chi connectivity index (χ1) is 9.19. The normalized spacial score (nSPS) is 30.4. The zero-order chi connectivity index (χ0) is 13.6. The molecule has 1 amide bonds. The van der Waals surface area contributed by atoms with Crippen molar-refractivity contribution in [3.05, 3.63) is 35.4 Å². The maximum absolute atomic E-state index is 12.7. The summed E-state index contributed by atoms with van der Waals surface area (Å²) in [5.41, 5.74) is 2.13.